The van der Waals surface area contributed by atoms with E-state index in [1.807, 2.05) is 0 Å². The molecular formula is C25H33N3O2S2. The van der Waals surface area contributed by atoms with Gasteiger partial charge in [0, 0.05) is 23.6 Å². The van der Waals surface area contributed by atoms with E-state index in [1.165, 1.54) is 55.4 Å². The Balaban J connectivity index is 0.947. The van der Waals surface area contributed by atoms with E-state index in [4.69, 9.17) is 4.98 Å². The molecule has 0 aromatic carbocycles. The smallest absolute Gasteiger partial charge is 0.259 e. The van der Waals surface area contributed by atoms with E-state index in [-0.39, 0.29) is 11.5 Å². The minimum Gasteiger partial charge on any atom is -0.356 e. The molecule has 5 aliphatic carbocycles. The molecule has 0 spiro atoms. The molecule has 0 saturated heterocycles. The summed E-state index contributed by atoms with van der Waals surface area (Å²) in [5.74, 6) is 5.22. The number of aryl methyl sites for hydroxylation is 2. The van der Waals surface area contributed by atoms with Gasteiger partial charge in [-0.1, -0.05) is 0 Å². The fourth-order valence-electron chi connectivity index (χ4n) is 7.60. The fraction of sp³-hybridized carbons (Fsp3) is 0.720. The summed E-state index contributed by atoms with van der Waals surface area (Å²) in [6.45, 7) is 0.838. The number of aromatic nitrogens is 2. The van der Waals surface area contributed by atoms with E-state index >= 15 is 0 Å². The Morgan fingerprint density at radius 1 is 1.16 bits per heavy atom. The van der Waals surface area contributed by atoms with E-state index in [2.05, 4.69) is 10.3 Å². The van der Waals surface area contributed by atoms with Gasteiger partial charge in [0.25, 0.3) is 5.56 Å². The summed E-state index contributed by atoms with van der Waals surface area (Å²) in [7, 11) is 0. The zero-order valence-electron chi connectivity index (χ0n) is 18.7. The standard InChI is InChI=1S/C25H33N3O2S2/c29-21(26-6-5-25-11-15-8-16(12-25)10-17(9-15)13-25)4-7-31-14-20-27-23(30)22-18-2-1-3-19(18)32-24(22)28-20/h15-17H,1-14H2,(H,26,29)(H,27,28,30). The van der Waals surface area contributed by atoms with Gasteiger partial charge in [-0.2, -0.15) is 11.8 Å². The van der Waals surface area contributed by atoms with Crippen LogP contribution in [0.25, 0.3) is 10.2 Å². The predicted octanol–water partition coefficient (Wildman–Crippen LogP) is 4.82. The maximum absolute atomic E-state index is 12.5. The van der Waals surface area contributed by atoms with Gasteiger partial charge in [0.1, 0.15) is 10.7 Å². The summed E-state index contributed by atoms with van der Waals surface area (Å²) in [6, 6.07) is 0. The Labute approximate surface area is 197 Å². The van der Waals surface area contributed by atoms with Gasteiger partial charge < -0.3 is 10.3 Å². The normalized spacial score (nSPS) is 30.2. The lowest BCUT2D eigenvalue weighted by atomic mass is 9.49. The first-order valence-corrected chi connectivity index (χ1v) is 14.4. The SMILES string of the molecule is O=C(CCSCc1nc2sc3c(c2c(=O)[nH]1)CCC3)NCCC12CC3CC(CC(C3)C1)C2. The van der Waals surface area contributed by atoms with Crippen LogP contribution in [0.3, 0.4) is 0 Å². The van der Waals surface area contributed by atoms with E-state index in [1.54, 1.807) is 23.1 Å². The maximum Gasteiger partial charge on any atom is 0.259 e. The molecule has 32 heavy (non-hydrogen) atoms. The molecule has 0 atom stereocenters. The van der Waals surface area contributed by atoms with Crippen molar-refractivity contribution in [3.05, 3.63) is 26.6 Å². The minimum absolute atomic E-state index is 0.00687. The van der Waals surface area contributed by atoms with Crippen molar-refractivity contribution in [2.45, 2.75) is 76.4 Å². The number of hydrogen-bond acceptors (Lipinski definition) is 5. The number of thiophene rings is 1. The average Bonchev–Trinajstić information content (AvgIpc) is 3.31. The van der Waals surface area contributed by atoms with Crippen LogP contribution in [-0.2, 0) is 23.4 Å². The van der Waals surface area contributed by atoms with E-state index in [0.29, 0.717) is 17.6 Å². The number of rotatable bonds is 8. The molecule has 5 aliphatic rings. The van der Waals surface area contributed by atoms with Crippen LogP contribution in [0.5, 0.6) is 0 Å². The highest BCUT2D eigenvalue weighted by Crippen LogP contribution is 2.61. The number of nitrogens with zero attached hydrogens (tertiary/aromatic N) is 1. The van der Waals surface area contributed by atoms with Crippen molar-refractivity contribution < 1.29 is 4.79 Å². The Morgan fingerprint density at radius 3 is 2.66 bits per heavy atom. The zero-order valence-corrected chi connectivity index (χ0v) is 20.3. The molecule has 172 valence electrons. The third-order valence-corrected chi connectivity index (χ3v) is 10.6. The molecule has 1 amide bonds. The summed E-state index contributed by atoms with van der Waals surface area (Å²) < 4.78 is 0. The molecule has 4 bridgehead atoms. The van der Waals surface area contributed by atoms with Crippen LogP contribution in [-0.4, -0.2) is 28.2 Å². The number of carbonyl (C=O) groups excluding carboxylic acids is 1. The van der Waals surface area contributed by atoms with Gasteiger partial charge in [-0.15, -0.1) is 11.3 Å². The first kappa shape index (κ1) is 21.2. The number of fused-ring (bicyclic) bond motifs is 3. The molecule has 0 aliphatic heterocycles. The van der Waals surface area contributed by atoms with Crippen LogP contribution in [0.2, 0.25) is 0 Å². The Kier molecular flexibility index (Phi) is 5.61. The van der Waals surface area contributed by atoms with Crippen LogP contribution in [0.15, 0.2) is 4.79 Å². The average molecular weight is 472 g/mol. The van der Waals surface area contributed by atoms with E-state index < -0.39 is 0 Å². The molecule has 2 aromatic rings. The highest BCUT2D eigenvalue weighted by molar-refractivity contribution is 7.98. The second-order valence-corrected chi connectivity index (χ2v) is 13.1. The zero-order chi connectivity index (χ0) is 21.7. The van der Waals surface area contributed by atoms with Crippen molar-refractivity contribution in [1.82, 2.24) is 15.3 Å². The van der Waals surface area contributed by atoms with Crippen molar-refractivity contribution in [3.8, 4) is 0 Å². The maximum atomic E-state index is 12.5. The number of H-pyrrole nitrogens is 1. The van der Waals surface area contributed by atoms with Gasteiger partial charge in [-0.05, 0) is 92.9 Å². The van der Waals surface area contributed by atoms with Gasteiger partial charge in [-0.25, -0.2) is 4.98 Å². The van der Waals surface area contributed by atoms with Crippen molar-refractivity contribution >= 4 is 39.2 Å². The highest BCUT2D eigenvalue weighted by Gasteiger charge is 2.50. The summed E-state index contributed by atoms with van der Waals surface area (Å²) >= 11 is 3.36. The topological polar surface area (TPSA) is 74.8 Å². The first-order valence-electron chi connectivity index (χ1n) is 12.4. The quantitative estimate of drug-likeness (QED) is 0.541. The highest BCUT2D eigenvalue weighted by atomic mass is 32.2. The molecule has 4 saturated carbocycles. The van der Waals surface area contributed by atoms with Crippen LogP contribution >= 0.6 is 23.1 Å². The largest absolute Gasteiger partial charge is 0.356 e. The minimum atomic E-state index is 0.00687. The van der Waals surface area contributed by atoms with E-state index in [0.717, 1.165) is 65.4 Å². The van der Waals surface area contributed by atoms with Crippen LogP contribution in [0.4, 0.5) is 0 Å². The monoisotopic (exact) mass is 471 g/mol. The second kappa shape index (κ2) is 8.46. The Bertz CT molecular complexity index is 1050. The van der Waals surface area contributed by atoms with Crippen LogP contribution in [0, 0.1) is 23.2 Å². The number of amides is 1. The number of hydrogen-bond donors (Lipinski definition) is 2. The molecule has 2 aromatic heterocycles. The Morgan fingerprint density at radius 2 is 1.91 bits per heavy atom. The van der Waals surface area contributed by atoms with E-state index in [9.17, 15) is 9.59 Å². The molecule has 7 rings (SSSR count). The van der Waals surface area contributed by atoms with Gasteiger partial charge >= 0.3 is 0 Å². The molecule has 7 heteroatoms. The lowest BCUT2D eigenvalue weighted by Gasteiger charge is -2.57. The van der Waals surface area contributed by atoms with Gasteiger partial charge in [-0.3, -0.25) is 9.59 Å². The third kappa shape index (κ3) is 4.04. The number of aromatic amines is 1. The molecule has 4 fully saturated rings. The molecule has 5 nitrogen and oxygen atoms in total. The molecule has 2 N–H and O–H groups in total. The first-order chi connectivity index (χ1) is 15.6. The van der Waals surface area contributed by atoms with Crippen LogP contribution in [0.1, 0.15) is 74.1 Å². The molecule has 0 unspecified atom stereocenters. The number of nitrogens with one attached hydrogen (secondary N) is 2. The predicted molar refractivity (Wildman–Crippen MR) is 131 cm³/mol. The van der Waals surface area contributed by atoms with Crippen LogP contribution < -0.4 is 10.9 Å². The lowest BCUT2D eigenvalue weighted by molar-refractivity contribution is -0.121. The summed E-state index contributed by atoms with van der Waals surface area (Å²) in [4.78, 5) is 34.8. The van der Waals surface area contributed by atoms with Crippen molar-refractivity contribution in [2.24, 2.45) is 23.2 Å². The summed E-state index contributed by atoms with van der Waals surface area (Å²) in [5.41, 5.74) is 1.77. The van der Waals surface area contributed by atoms with Gasteiger partial charge in [0.2, 0.25) is 5.91 Å². The number of carbonyl (C=O) groups is 1. The van der Waals surface area contributed by atoms with Crippen molar-refractivity contribution in [1.29, 1.82) is 0 Å². The van der Waals surface area contributed by atoms with Gasteiger partial charge in [0.05, 0.1) is 11.1 Å². The Hall–Kier alpha value is -1.34. The third-order valence-electron chi connectivity index (χ3n) is 8.48. The van der Waals surface area contributed by atoms with Crippen molar-refractivity contribution in [3.63, 3.8) is 0 Å². The molecule has 0 radical (unpaired) electrons. The second-order valence-electron chi connectivity index (χ2n) is 10.9. The fourth-order valence-corrected chi connectivity index (χ4v) is 9.69. The summed E-state index contributed by atoms with van der Waals surface area (Å²) in [6.07, 6.45) is 13.6. The lowest BCUT2D eigenvalue weighted by Crippen LogP contribution is -2.47. The van der Waals surface area contributed by atoms with Crippen molar-refractivity contribution in [2.75, 3.05) is 12.3 Å². The number of thioether (sulfide) groups is 1. The molecule has 2 heterocycles. The molecular weight excluding hydrogens is 438 g/mol. The summed E-state index contributed by atoms with van der Waals surface area (Å²) in [5, 5.41) is 4.00. The van der Waals surface area contributed by atoms with Gasteiger partial charge in [0.15, 0.2) is 0 Å².